The molecule has 5 atom stereocenters. The summed E-state index contributed by atoms with van der Waals surface area (Å²) in [7, 11) is 5.16. The Morgan fingerprint density at radius 2 is 1.40 bits per heavy atom. The molecule has 1 aliphatic heterocycles. The summed E-state index contributed by atoms with van der Waals surface area (Å²) in [6, 6.07) is 21.9. The normalized spacial score (nSPS) is 14.1. The van der Waals surface area contributed by atoms with Crippen molar-refractivity contribution in [2.24, 2.45) is 30.0 Å². The van der Waals surface area contributed by atoms with Gasteiger partial charge in [-0.15, -0.1) is 0 Å². The van der Waals surface area contributed by atoms with Crippen molar-refractivity contribution in [2.75, 3.05) is 36.2 Å². The number of fused-ring (bicyclic) bond motifs is 3. The molecule has 482 valence electrons. The van der Waals surface area contributed by atoms with Crippen molar-refractivity contribution in [3.8, 4) is 0 Å². The van der Waals surface area contributed by atoms with E-state index in [9.17, 15) is 48.3 Å². The molecule has 0 spiro atoms. The number of urea groups is 1. The second-order valence-corrected chi connectivity index (χ2v) is 25.2. The summed E-state index contributed by atoms with van der Waals surface area (Å²) in [5, 5.41) is 30.3. The Morgan fingerprint density at radius 3 is 2.03 bits per heavy atom. The zero-order valence-corrected chi connectivity index (χ0v) is 53.9. The zero-order valence-electron chi connectivity index (χ0n) is 53.9. The first kappa shape index (κ1) is 69.8. The van der Waals surface area contributed by atoms with E-state index >= 15 is 0 Å². The number of ether oxygens (including phenoxy) is 1. The van der Waals surface area contributed by atoms with Gasteiger partial charge in [0.25, 0.3) is 0 Å². The fourth-order valence-corrected chi connectivity index (χ4v) is 11.0. The molecule has 5 aromatic rings. The van der Waals surface area contributed by atoms with Crippen molar-refractivity contribution < 1.29 is 53.0 Å². The number of carboxylic acids is 1. The number of nitrogens with one attached hydrogen (secondary N) is 7. The van der Waals surface area contributed by atoms with Gasteiger partial charge in [0.2, 0.25) is 35.4 Å². The Bertz CT molecular complexity index is 3510. The first-order valence-corrected chi connectivity index (χ1v) is 30.3. The quantitative estimate of drug-likeness (QED) is 0.0186. The van der Waals surface area contributed by atoms with Gasteiger partial charge in [-0.3, -0.25) is 34.1 Å². The molecule has 90 heavy (non-hydrogen) atoms. The van der Waals surface area contributed by atoms with E-state index in [4.69, 9.17) is 10.5 Å². The van der Waals surface area contributed by atoms with Gasteiger partial charge in [-0.2, -0.15) is 0 Å². The first-order chi connectivity index (χ1) is 42.4. The van der Waals surface area contributed by atoms with Crippen molar-refractivity contribution >= 4 is 93.7 Å². The average Bonchev–Trinajstić information content (AvgIpc) is 1.57. The van der Waals surface area contributed by atoms with Crippen molar-refractivity contribution in [1.29, 1.82) is 0 Å². The van der Waals surface area contributed by atoms with E-state index in [2.05, 4.69) is 37.2 Å². The van der Waals surface area contributed by atoms with Crippen LogP contribution in [0.4, 0.5) is 26.7 Å². The van der Waals surface area contributed by atoms with E-state index in [0.29, 0.717) is 29.2 Å². The zero-order chi connectivity index (χ0) is 66.4. The van der Waals surface area contributed by atoms with Gasteiger partial charge in [-0.25, -0.2) is 14.4 Å². The number of benzene rings is 4. The van der Waals surface area contributed by atoms with Crippen LogP contribution in [0.2, 0.25) is 0 Å². The van der Waals surface area contributed by atoms with Crippen LogP contribution in [0, 0.1) is 17.3 Å². The lowest BCUT2D eigenvalue weighted by Gasteiger charge is -2.39. The van der Waals surface area contributed by atoms with Crippen LogP contribution in [0.25, 0.3) is 23.1 Å². The van der Waals surface area contributed by atoms with E-state index < -0.39 is 88.7 Å². The van der Waals surface area contributed by atoms with Gasteiger partial charge in [0.05, 0.1) is 24.3 Å². The largest absolute Gasteiger partial charge is 0.478 e. The van der Waals surface area contributed by atoms with E-state index in [1.54, 1.807) is 75.3 Å². The summed E-state index contributed by atoms with van der Waals surface area (Å²) < 4.78 is 7.54. The fourth-order valence-electron chi connectivity index (χ4n) is 11.0. The molecule has 22 heteroatoms. The summed E-state index contributed by atoms with van der Waals surface area (Å²) in [6.45, 7) is 18.5. The third-order valence-electron chi connectivity index (χ3n) is 16.2. The molecule has 0 radical (unpaired) electrons. The lowest BCUT2D eigenvalue weighted by atomic mass is 9.76. The maximum absolute atomic E-state index is 14.5. The highest BCUT2D eigenvalue weighted by Gasteiger charge is 2.43. The second-order valence-electron chi connectivity index (χ2n) is 25.2. The molecule has 10 N–H and O–H groups in total. The number of primary amides is 1. The minimum absolute atomic E-state index is 0.0866. The third kappa shape index (κ3) is 18.2. The van der Waals surface area contributed by atoms with Crippen molar-refractivity contribution in [3.05, 3.63) is 137 Å². The number of nitrogens with two attached hydrogens (primary N) is 1. The lowest BCUT2D eigenvalue weighted by Crippen LogP contribution is -2.61. The Balaban J connectivity index is 1.07. The number of carbonyl (C=O) groups excluding carboxylic acids is 8. The molecule has 1 aliphatic rings. The number of carbonyl (C=O) groups is 9. The molecular weight excluding hydrogens is 1150 g/mol. The topological polar surface area (TPSA) is 305 Å². The molecule has 22 nitrogen and oxygen atoms in total. The molecule has 4 aromatic carbocycles. The number of hydrogen-bond acceptors (Lipinski definition) is 11. The van der Waals surface area contributed by atoms with Gasteiger partial charge >= 0.3 is 18.1 Å². The molecule has 1 aromatic heterocycles. The van der Waals surface area contributed by atoms with Crippen molar-refractivity contribution in [3.63, 3.8) is 0 Å². The Labute approximate surface area is 527 Å². The Hall–Kier alpha value is -9.31. The standard InChI is InChI=1S/C68H89N11O11/c1-40(2)54(35-42(5)64(86)87)78(13)63(85)59(67(6,7)8)76-62(84)58(70-11)68(9,10)50-38-77(12)53-31-30-48(36-49(50)53)73-66(89)90-39-43-24-28-47(29-25-43)72-60(82)51(22-18-34-71-65(69)88)74-61(83)57(41(3)4)75-55(80)32-33-56(81)79-37-46-21-15-14-19-44(46)26-27-45-20-16-17-23-52(45)79/h14-17,19-21,23-31,35-36,38,40-41,51,54,57-59,70H,18,22,32-34,37,39H2,1-13H3,(H,72,82)(H,73,89)(H,74,83)(H,75,80)(H,76,84)(H,86,87)(H3,69,71,88)/b27-26?,42-35+/t51-,54+,57-,58?,59+/m0/s1. The van der Waals surface area contributed by atoms with Crippen LogP contribution in [-0.4, -0.2) is 119 Å². The van der Waals surface area contributed by atoms with Crippen molar-refractivity contribution in [2.45, 2.75) is 144 Å². The number of likely N-dealkylation sites (N-methyl/N-ethyl adjacent to an activating group) is 2. The number of anilines is 3. The fraction of sp³-hybridized carbons (Fsp3) is 0.426. The van der Waals surface area contributed by atoms with Crippen LogP contribution in [0.1, 0.15) is 123 Å². The van der Waals surface area contributed by atoms with E-state index in [0.717, 1.165) is 33.2 Å². The number of hydrogen-bond donors (Lipinski definition) is 9. The maximum atomic E-state index is 14.5. The average molecular weight is 1240 g/mol. The molecule has 6 rings (SSSR count). The minimum atomic E-state index is -1.12. The van der Waals surface area contributed by atoms with Crippen LogP contribution < -0.4 is 47.9 Å². The number of para-hydroxylation sites is 1. The third-order valence-corrected chi connectivity index (χ3v) is 16.2. The summed E-state index contributed by atoms with van der Waals surface area (Å²) in [5.41, 5.74) is 10.2. The molecule has 2 heterocycles. The summed E-state index contributed by atoms with van der Waals surface area (Å²) in [6.07, 6.45) is 6.73. The minimum Gasteiger partial charge on any atom is -0.478 e. The molecule has 0 saturated carbocycles. The number of aromatic nitrogens is 1. The smallest absolute Gasteiger partial charge is 0.411 e. The Kier molecular flexibility index (Phi) is 23.8. The molecule has 9 amide bonds. The highest BCUT2D eigenvalue weighted by Crippen LogP contribution is 2.37. The van der Waals surface area contributed by atoms with Gasteiger partial charge in [0, 0.05) is 72.9 Å². The van der Waals surface area contributed by atoms with Crippen LogP contribution in [0.5, 0.6) is 0 Å². The van der Waals surface area contributed by atoms with Gasteiger partial charge < -0.3 is 61.8 Å². The summed E-state index contributed by atoms with van der Waals surface area (Å²) in [4.78, 5) is 124. The predicted octanol–water partition coefficient (Wildman–Crippen LogP) is 8.35. The first-order valence-electron chi connectivity index (χ1n) is 30.3. The number of nitrogens with zero attached hydrogens (tertiary/aromatic N) is 3. The lowest BCUT2D eigenvalue weighted by molar-refractivity contribution is -0.141. The van der Waals surface area contributed by atoms with Crippen molar-refractivity contribution in [1.82, 2.24) is 36.1 Å². The van der Waals surface area contributed by atoms with Gasteiger partial charge in [0.15, 0.2) is 0 Å². The molecule has 1 unspecified atom stereocenters. The molecule has 0 fully saturated rings. The van der Waals surface area contributed by atoms with Gasteiger partial charge in [-0.1, -0.05) is 135 Å². The SMILES string of the molecule is CNC(C(=O)N[C@H](C(=O)N(C)[C@H](/C=C(\C)C(=O)O)C(C)C)C(C)(C)C)C(C)(C)c1cn(C)c2ccc(NC(=O)OCc3ccc(NC(=O)[C@H](CCCNC(N)=O)NC(=O)[C@@H](NC(=O)CCC(=O)N4Cc5ccccc5C=Cc5ccccc54)C(C)C)cc3)cc12. The van der Waals surface area contributed by atoms with Crippen LogP contribution >= 0.6 is 0 Å². The van der Waals surface area contributed by atoms with Gasteiger partial charge in [0.1, 0.15) is 24.7 Å². The van der Waals surface area contributed by atoms with Gasteiger partial charge in [-0.05, 0) is 108 Å². The molecule has 0 bridgehead atoms. The van der Waals surface area contributed by atoms with Crippen LogP contribution in [0.15, 0.2) is 109 Å². The number of carboxylic acid groups (broad SMARTS) is 1. The number of rotatable bonds is 26. The molecule has 0 aliphatic carbocycles. The van der Waals surface area contributed by atoms with Crippen LogP contribution in [-0.2, 0) is 63.9 Å². The molecular formula is C68H89N11O11. The number of aliphatic carboxylic acids is 1. The van der Waals surface area contributed by atoms with Crippen LogP contribution in [0.3, 0.4) is 0 Å². The number of aryl methyl sites for hydroxylation is 1. The number of amides is 9. The summed E-state index contributed by atoms with van der Waals surface area (Å²) in [5.74, 6) is -4.41. The van der Waals surface area contributed by atoms with E-state index in [1.165, 1.54) is 11.8 Å². The monoisotopic (exact) mass is 1240 g/mol. The molecule has 0 saturated heterocycles. The second kappa shape index (κ2) is 30.7. The highest BCUT2D eigenvalue weighted by atomic mass is 16.5. The highest BCUT2D eigenvalue weighted by molar-refractivity contribution is 6.01. The predicted molar refractivity (Wildman–Crippen MR) is 350 cm³/mol. The Morgan fingerprint density at radius 1 is 0.756 bits per heavy atom. The summed E-state index contributed by atoms with van der Waals surface area (Å²) >= 11 is 0. The maximum Gasteiger partial charge on any atom is 0.411 e. The van der Waals surface area contributed by atoms with E-state index in [1.807, 2.05) is 133 Å². The van der Waals surface area contributed by atoms with E-state index in [-0.39, 0.29) is 62.1 Å².